The Labute approximate surface area is 131 Å². The molecule has 5 heteroatoms. The van der Waals surface area contributed by atoms with Gasteiger partial charge in [0.15, 0.2) is 0 Å². The number of nitrogens with one attached hydrogen (secondary N) is 1. The maximum atomic E-state index is 13.4. The van der Waals surface area contributed by atoms with Gasteiger partial charge in [-0.1, -0.05) is 25.1 Å². The Morgan fingerprint density at radius 1 is 1.32 bits per heavy atom. The quantitative estimate of drug-likeness (QED) is 0.802. The minimum atomic E-state index is -0.253. The number of rotatable bonds is 8. The van der Waals surface area contributed by atoms with Crippen molar-refractivity contribution in [1.29, 1.82) is 0 Å². The summed E-state index contributed by atoms with van der Waals surface area (Å²) in [7, 11) is 0. The molecule has 0 heterocycles. The summed E-state index contributed by atoms with van der Waals surface area (Å²) in [5.74, 6) is -0.393. The van der Waals surface area contributed by atoms with E-state index >= 15 is 0 Å². The Hall–Kier alpha value is -1.91. The van der Waals surface area contributed by atoms with Crippen molar-refractivity contribution in [2.24, 2.45) is 0 Å². The Morgan fingerprint density at radius 2 is 2.00 bits per heavy atom. The molecule has 1 atom stereocenters. The second-order valence-electron chi connectivity index (χ2n) is 5.41. The molecule has 0 spiro atoms. The number of nitrogens with zero attached hydrogens (tertiary/aromatic N) is 1. The first kappa shape index (κ1) is 18.1. The first-order valence-corrected chi connectivity index (χ1v) is 7.73. The first-order valence-electron chi connectivity index (χ1n) is 7.73. The van der Waals surface area contributed by atoms with Crippen LogP contribution in [0.25, 0.3) is 0 Å². The second kappa shape index (κ2) is 9.18. The molecular formula is C17H25FN2O2. The average Bonchev–Trinajstić information content (AvgIpc) is 2.48. The summed E-state index contributed by atoms with van der Waals surface area (Å²) in [6.45, 7) is 6.30. The van der Waals surface area contributed by atoms with E-state index in [1.54, 1.807) is 23.1 Å². The minimum Gasteiger partial charge on any atom is -0.356 e. The van der Waals surface area contributed by atoms with Crippen molar-refractivity contribution in [3.8, 4) is 0 Å². The van der Waals surface area contributed by atoms with Gasteiger partial charge in [0.05, 0.1) is 0 Å². The fourth-order valence-corrected chi connectivity index (χ4v) is 2.26. The van der Waals surface area contributed by atoms with Crippen LogP contribution in [0.15, 0.2) is 24.3 Å². The molecule has 0 aliphatic heterocycles. The van der Waals surface area contributed by atoms with E-state index in [0.29, 0.717) is 25.1 Å². The van der Waals surface area contributed by atoms with Gasteiger partial charge < -0.3 is 10.2 Å². The van der Waals surface area contributed by atoms with E-state index in [0.717, 1.165) is 6.42 Å². The van der Waals surface area contributed by atoms with Crippen molar-refractivity contribution in [1.82, 2.24) is 10.2 Å². The van der Waals surface area contributed by atoms with E-state index in [2.05, 4.69) is 5.32 Å². The van der Waals surface area contributed by atoms with Crippen LogP contribution >= 0.6 is 0 Å². The molecule has 22 heavy (non-hydrogen) atoms. The fourth-order valence-electron chi connectivity index (χ4n) is 2.26. The van der Waals surface area contributed by atoms with E-state index < -0.39 is 0 Å². The Kier molecular flexibility index (Phi) is 7.57. The zero-order valence-corrected chi connectivity index (χ0v) is 13.6. The van der Waals surface area contributed by atoms with E-state index in [1.165, 1.54) is 13.0 Å². The minimum absolute atomic E-state index is 0.0199. The summed E-state index contributed by atoms with van der Waals surface area (Å²) in [5.41, 5.74) is 0.591. The van der Waals surface area contributed by atoms with Crippen LogP contribution in [-0.4, -0.2) is 35.8 Å². The molecule has 0 aromatic heterocycles. The number of carbonyl (C=O) groups is 2. The average molecular weight is 308 g/mol. The lowest BCUT2D eigenvalue weighted by Gasteiger charge is -2.27. The highest BCUT2D eigenvalue weighted by Gasteiger charge is 2.16. The zero-order chi connectivity index (χ0) is 16.5. The molecule has 0 radical (unpaired) electrons. The molecule has 1 unspecified atom stereocenters. The van der Waals surface area contributed by atoms with Gasteiger partial charge in [-0.2, -0.15) is 0 Å². The van der Waals surface area contributed by atoms with Gasteiger partial charge in [0.2, 0.25) is 11.8 Å². The normalized spacial score (nSPS) is 11.8. The van der Waals surface area contributed by atoms with Crippen LogP contribution < -0.4 is 5.32 Å². The molecule has 2 amide bonds. The monoisotopic (exact) mass is 308 g/mol. The fraction of sp³-hybridized carbons (Fsp3) is 0.529. The smallest absolute Gasteiger partial charge is 0.221 e. The standard InChI is InChI=1S/C17H25FN2O2/c1-4-13(2)20(14(3)21)12-10-17(22)19-11-9-15-7-5-6-8-16(15)18/h5-8,13H,4,9-12H2,1-3H3,(H,19,22). The Bertz CT molecular complexity index is 505. The summed E-state index contributed by atoms with van der Waals surface area (Å²) in [4.78, 5) is 25.1. The van der Waals surface area contributed by atoms with Crippen LogP contribution in [0, 0.1) is 5.82 Å². The predicted octanol–water partition coefficient (Wildman–Crippen LogP) is 2.52. The molecule has 0 bridgehead atoms. The molecule has 1 rings (SSSR count). The lowest BCUT2D eigenvalue weighted by molar-refractivity contribution is -0.131. The zero-order valence-electron chi connectivity index (χ0n) is 13.6. The Balaban J connectivity index is 2.34. The molecule has 0 fully saturated rings. The van der Waals surface area contributed by atoms with Gasteiger partial charge in [-0.15, -0.1) is 0 Å². The first-order chi connectivity index (χ1) is 10.5. The highest BCUT2D eigenvalue weighted by atomic mass is 19.1. The van der Waals surface area contributed by atoms with E-state index in [1.807, 2.05) is 13.8 Å². The maximum absolute atomic E-state index is 13.4. The summed E-state index contributed by atoms with van der Waals surface area (Å²) >= 11 is 0. The maximum Gasteiger partial charge on any atom is 0.221 e. The van der Waals surface area contributed by atoms with Crippen LogP contribution in [0.3, 0.4) is 0 Å². The third kappa shape index (κ3) is 5.84. The van der Waals surface area contributed by atoms with Crippen molar-refractivity contribution in [2.75, 3.05) is 13.1 Å². The van der Waals surface area contributed by atoms with E-state index in [-0.39, 0.29) is 30.1 Å². The van der Waals surface area contributed by atoms with Crippen LogP contribution in [-0.2, 0) is 16.0 Å². The summed E-state index contributed by atoms with van der Waals surface area (Å²) in [6.07, 6.45) is 1.58. The van der Waals surface area contributed by atoms with Gasteiger partial charge >= 0.3 is 0 Å². The van der Waals surface area contributed by atoms with Crippen LogP contribution in [0.4, 0.5) is 4.39 Å². The molecule has 0 aliphatic rings. The Morgan fingerprint density at radius 3 is 2.59 bits per heavy atom. The van der Waals surface area contributed by atoms with E-state index in [4.69, 9.17) is 0 Å². The number of hydrogen-bond acceptors (Lipinski definition) is 2. The summed E-state index contributed by atoms with van der Waals surface area (Å²) in [5, 5.41) is 2.77. The molecule has 4 nitrogen and oxygen atoms in total. The van der Waals surface area contributed by atoms with Gasteiger partial charge in [0.25, 0.3) is 0 Å². The molecule has 1 N–H and O–H groups in total. The molecule has 1 aromatic rings. The van der Waals surface area contributed by atoms with Crippen LogP contribution in [0.2, 0.25) is 0 Å². The molecule has 122 valence electrons. The summed E-state index contributed by atoms with van der Waals surface area (Å²) in [6, 6.07) is 6.67. The predicted molar refractivity (Wildman–Crippen MR) is 84.9 cm³/mol. The number of halogens is 1. The van der Waals surface area contributed by atoms with Crippen molar-refractivity contribution in [3.05, 3.63) is 35.6 Å². The van der Waals surface area contributed by atoms with Gasteiger partial charge in [0, 0.05) is 32.5 Å². The second-order valence-corrected chi connectivity index (χ2v) is 5.41. The van der Waals surface area contributed by atoms with Crippen LogP contribution in [0.5, 0.6) is 0 Å². The number of carbonyl (C=O) groups excluding carboxylic acids is 2. The summed E-state index contributed by atoms with van der Waals surface area (Å²) < 4.78 is 13.4. The lowest BCUT2D eigenvalue weighted by atomic mass is 10.1. The van der Waals surface area contributed by atoms with Gasteiger partial charge in [-0.05, 0) is 31.4 Å². The van der Waals surface area contributed by atoms with Gasteiger partial charge in [-0.25, -0.2) is 4.39 Å². The van der Waals surface area contributed by atoms with Gasteiger partial charge in [0.1, 0.15) is 5.82 Å². The molecule has 1 aromatic carbocycles. The number of benzene rings is 1. The molecule has 0 saturated carbocycles. The van der Waals surface area contributed by atoms with Crippen molar-refractivity contribution >= 4 is 11.8 Å². The lowest BCUT2D eigenvalue weighted by Crippen LogP contribution is -2.39. The number of hydrogen-bond donors (Lipinski definition) is 1. The highest BCUT2D eigenvalue weighted by Crippen LogP contribution is 2.07. The molecular weight excluding hydrogens is 283 g/mol. The third-order valence-corrected chi connectivity index (χ3v) is 3.78. The topological polar surface area (TPSA) is 49.4 Å². The highest BCUT2D eigenvalue weighted by molar-refractivity contribution is 5.78. The largest absolute Gasteiger partial charge is 0.356 e. The molecule has 0 aliphatic carbocycles. The van der Waals surface area contributed by atoms with Crippen LogP contribution in [0.1, 0.15) is 39.2 Å². The van der Waals surface area contributed by atoms with Crippen molar-refractivity contribution in [2.45, 2.75) is 46.1 Å². The van der Waals surface area contributed by atoms with Crippen molar-refractivity contribution < 1.29 is 14.0 Å². The number of amides is 2. The van der Waals surface area contributed by atoms with Crippen molar-refractivity contribution in [3.63, 3.8) is 0 Å². The van der Waals surface area contributed by atoms with Gasteiger partial charge in [-0.3, -0.25) is 9.59 Å². The molecule has 0 saturated heterocycles. The van der Waals surface area contributed by atoms with E-state index in [9.17, 15) is 14.0 Å². The third-order valence-electron chi connectivity index (χ3n) is 3.78. The SMILES string of the molecule is CCC(C)N(CCC(=O)NCCc1ccccc1F)C(C)=O.